The van der Waals surface area contributed by atoms with E-state index >= 15 is 0 Å². The van der Waals surface area contributed by atoms with Crippen LogP contribution in [0.2, 0.25) is 0 Å². The SMILES string of the molecule is CCCN(Cc1cccc(C)c1C)C1CCC(N)CC1. The summed E-state index contributed by atoms with van der Waals surface area (Å²) in [6.07, 6.45) is 6.15. The fraction of sp³-hybridized carbons (Fsp3) is 0.667. The van der Waals surface area contributed by atoms with Gasteiger partial charge < -0.3 is 5.73 Å². The van der Waals surface area contributed by atoms with Crippen LogP contribution in [0.5, 0.6) is 0 Å². The molecule has 1 aliphatic carbocycles. The van der Waals surface area contributed by atoms with E-state index in [1.54, 1.807) is 0 Å². The molecule has 1 aromatic rings. The largest absolute Gasteiger partial charge is 0.328 e. The summed E-state index contributed by atoms with van der Waals surface area (Å²) >= 11 is 0. The molecule has 1 saturated carbocycles. The van der Waals surface area contributed by atoms with Gasteiger partial charge in [-0.1, -0.05) is 25.1 Å². The van der Waals surface area contributed by atoms with Crippen molar-refractivity contribution >= 4 is 0 Å². The Hall–Kier alpha value is -0.860. The summed E-state index contributed by atoms with van der Waals surface area (Å²) < 4.78 is 0. The molecule has 0 spiro atoms. The Morgan fingerprint density at radius 3 is 2.50 bits per heavy atom. The maximum atomic E-state index is 6.05. The molecule has 2 heteroatoms. The lowest BCUT2D eigenvalue weighted by Crippen LogP contribution is -2.41. The van der Waals surface area contributed by atoms with E-state index in [9.17, 15) is 0 Å². The smallest absolute Gasteiger partial charge is 0.0239 e. The predicted octanol–water partition coefficient (Wildman–Crippen LogP) is 3.79. The first-order valence-corrected chi connectivity index (χ1v) is 8.16. The average Bonchev–Trinajstić information content (AvgIpc) is 2.44. The van der Waals surface area contributed by atoms with E-state index < -0.39 is 0 Å². The van der Waals surface area contributed by atoms with Gasteiger partial charge in [-0.05, 0) is 69.2 Å². The van der Waals surface area contributed by atoms with Gasteiger partial charge >= 0.3 is 0 Å². The summed E-state index contributed by atoms with van der Waals surface area (Å²) in [7, 11) is 0. The maximum absolute atomic E-state index is 6.05. The molecule has 0 aliphatic heterocycles. The van der Waals surface area contributed by atoms with Gasteiger partial charge in [0.25, 0.3) is 0 Å². The van der Waals surface area contributed by atoms with Crippen molar-refractivity contribution in [1.82, 2.24) is 4.90 Å². The zero-order valence-corrected chi connectivity index (χ0v) is 13.4. The van der Waals surface area contributed by atoms with Crippen LogP contribution in [-0.4, -0.2) is 23.5 Å². The van der Waals surface area contributed by atoms with Gasteiger partial charge in [0.2, 0.25) is 0 Å². The fourth-order valence-electron chi connectivity index (χ4n) is 3.35. The lowest BCUT2D eigenvalue weighted by molar-refractivity contribution is 0.142. The van der Waals surface area contributed by atoms with E-state index in [1.807, 2.05) is 0 Å². The second-order valence-electron chi connectivity index (χ2n) is 6.40. The lowest BCUT2D eigenvalue weighted by Gasteiger charge is -2.36. The van der Waals surface area contributed by atoms with E-state index in [0.29, 0.717) is 6.04 Å². The summed E-state index contributed by atoms with van der Waals surface area (Å²) in [4.78, 5) is 2.69. The van der Waals surface area contributed by atoms with Crippen LogP contribution in [0.15, 0.2) is 18.2 Å². The Balaban J connectivity index is 2.07. The Kier molecular flexibility index (Phi) is 5.62. The van der Waals surface area contributed by atoms with Gasteiger partial charge in [0.1, 0.15) is 0 Å². The number of rotatable bonds is 5. The highest BCUT2D eigenvalue weighted by atomic mass is 15.2. The third kappa shape index (κ3) is 3.83. The highest BCUT2D eigenvalue weighted by molar-refractivity contribution is 5.33. The van der Waals surface area contributed by atoms with Crippen LogP contribution in [0.3, 0.4) is 0 Å². The van der Waals surface area contributed by atoms with Crippen molar-refractivity contribution in [3.63, 3.8) is 0 Å². The molecule has 2 rings (SSSR count). The Morgan fingerprint density at radius 1 is 1.15 bits per heavy atom. The summed E-state index contributed by atoms with van der Waals surface area (Å²) in [5, 5.41) is 0. The molecular weight excluding hydrogens is 244 g/mol. The standard InChI is InChI=1S/C18H30N2/c1-4-12-20(18-10-8-17(19)9-11-18)13-16-7-5-6-14(2)15(16)3/h5-7,17-18H,4,8-13,19H2,1-3H3. The van der Waals surface area contributed by atoms with E-state index in [4.69, 9.17) is 5.73 Å². The molecule has 0 aromatic heterocycles. The van der Waals surface area contributed by atoms with Crippen LogP contribution in [0.25, 0.3) is 0 Å². The molecule has 1 aromatic carbocycles. The van der Waals surface area contributed by atoms with Gasteiger partial charge in [-0.3, -0.25) is 4.90 Å². The van der Waals surface area contributed by atoms with Crippen molar-refractivity contribution < 1.29 is 0 Å². The maximum Gasteiger partial charge on any atom is 0.0239 e. The zero-order chi connectivity index (χ0) is 14.5. The van der Waals surface area contributed by atoms with Gasteiger partial charge in [-0.25, -0.2) is 0 Å². The number of hydrogen-bond donors (Lipinski definition) is 1. The Morgan fingerprint density at radius 2 is 1.85 bits per heavy atom. The highest BCUT2D eigenvalue weighted by Crippen LogP contribution is 2.25. The minimum atomic E-state index is 0.440. The first kappa shape index (κ1) is 15.5. The first-order chi connectivity index (χ1) is 9.61. The van der Waals surface area contributed by atoms with Crippen molar-refractivity contribution in [2.45, 2.75) is 71.5 Å². The normalized spacial score (nSPS) is 23.2. The van der Waals surface area contributed by atoms with Gasteiger partial charge in [0.15, 0.2) is 0 Å². The monoisotopic (exact) mass is 274 g/mol. The van der Waals surface area contributed by atoms with Crippen molar-refractivity contribution in [3.05, 3.63) is 34.9 Å². The molecular formula is C18H30N2. The molecule has 0 amide bonds. The number of benzene rings is 1. The molecule has 1 aliphatic rings. The summed E-state index contributed by atoms with van der Waals surface area (Å²) in [6, 6.07) is 7.87. The highest BCUT2D eigenvalue weighted by Gasteiger charge is 2.24. The molecule has 20 heavy (non-hydrogen) atoms. The minimum absolute atomic E-state index is 0.440. The lowest BCUT2D eigenvalue weighted by atomic mass is 9.90. The summed E-state index contributed by atoms with van der Waals surface area (Å²) in [5.74, 6) is 0. The molecule has 0 heterocycles. The van der Waals surface area contributed by atoms with E-state index in [2.05, 4.69) is 43.9 Å². The molecule has 0 unspecified atom stereocenters. The van der Waals surface area contributed by atoms with Gasteiger partial charge in [0, 0.05) is 18.6 Å². The average molecular weight is 274 g/mol. The number of nitrogens with two attached hydrogens (primary N) is 1. The van der Waals surface area contributed by atoms with Gasteiger partial charge in [-0.15, -0.1) is 0 Å². The summed E-state index contributed by atoms with van der Waals surface area (Å²) in [5.41, 5.74) is 10.4. The first-order valence-electron chi connectivity index (χ1n) is 8.16. The molecule has 2 nitrogen and oxygen atoms in total. The Bertz CT molecular complexity index is 419. The predicted molar refractivity (Wildman–Crippen MR) is 86.8 cm³/mol. The van der Waals surface area contributed by atoms with Crippen LogP contribution in [0.4, 0.5) is 0 Å². The molecule has 2 N–H and O–H groups in total. The van der Waals surface area contributed by atoms with Crippen LogP contribution in [0, 0.1) is 13.8 Å². The fourth-order valence-corrected chi connectivity index (χ4v) is 3.35. The summed E-state index contributed by atoms with van der Waals surface area (Å²) in [6.45, 7) is 9.05. The van der Waals surface area contributed by atoms with E-state index in [1.165, 1.54) is 55.3 Å². The van der Waals surface area contributed by atoms with Crippen molar-refractivity contribution in [3.8, 4) is 0 Å². The number of hydrogen-bond acceptors (Lipinski definition) is 2. The topological polar surface area (TPSA) is 29.3 Å². The zero-order valence-electron chi connectivity index (χ0n) is 13.4. The molecule has 0 saturated heterocycles. The molecule has 0 atom stereocenters. The quantitative estimate of drug-likeness (QED) is 0.885. The van der Waals surface area contributed by atoms with Crippen molar-refractivity contribution in [1.29, 1.82) is 0 Å². The second-order valence-corrected chi connectivity index (χ2v) is 6.40. The van der Waals surface area contributed by atoms with Gasteiger partial charge in [-0.2, -0.15) is 0 Å². The van der Waals surface area contributed by atoms with E-state index in [-0.39, 0.29) is 0 Å². The number of aryl methyl sites for hydroxylation is 1. The van der Waals surface area contributed by atoms with Crippen LogP contribution in [0.1, 0.15) is 55.7 Å². The van der Waals surface area contributed by atoms with E-state index in [0.717, 1.165) is 12.6 Å². The van der Waals surface area contributed by atoms with Crippen LogP contribution >= 0.6 is 0 Å². The second kappa shape index (κ2) is 7.24. The van der Waals surface area contributed by atoms with Crippen LogP contribution < -0.4 is 5.73 Å². The molecule has 0 bridgehead atoms. The Labute approximate surface area is 124 Å². The number of nitrogens with zero attached hydrogens (tertiary/aromatic N) is 1. The molecule has 0 radical (unpaired) electrons. The van der Waals surface area contributed by atoms with Crippen molar-refractivity contribution in [2.24, 2.45) is 5.73 Å². The van der Waals surface area contributed by atoms with Crippen molar-refractivity contribution in [2.75, 3.05) is 6.54 Å². The third-order valence-corrected chi connectivity index (χ3v) is 4.86. The minimum Gasteiger partial charge on any atom is -0.328 e. The third-order valence-electron chi connectivity index (χ3n) is 4.86. The molecule has 112 valence electrons. The molecule has 1 fully saturated rings. The van der Waals surface area contributed by atoms with Crippen LogP contribution in [-0.2, 0) is 6.54 Å². The van der Waals surface area contributed by atoms with Gasteiger partial charge in [0.05, 0.1) is 0 Å².